The summed E-state index contributed by atoms with van der Waals surface area (Å²) in [6.45, 7) is 1.97. The Morgan fingerprint density at radius 2 is 1.91 bits per heavy atom. The second-order valence-electron chi connectivity index (χ2n) is 6.62. The van der Waals surface area contributed by atoms with Crippen molar-refractivity contribution >= 4 is 11.9 Å². The van der Waals surface area contributed by atoms with E-state index < -0.39 is 11.9 Å². The first kappa shape index (κ1) is 15.1. The third-order valence-corrected chi connectivity index (χ3v) is 4.74. The van der Waals surface area contributed by atoms with Gasteiger partial charge in [0.1, 0.15) is 0 Å². The number of carboxylic acids is 1. The summed E-state index contributed by atoms with van der Waals surface area (Å²) in [5, 5.41) is 9.11. The van der Waals surface area contributed by atoms with Crippen LogP contribution in [0.25, 0.3) is 0 Å². The van der Waals surface area contributed by atoms with E-state index in [-0.39, 0.29) is 11.9 Å². The Morgan fingerprint density at radius 3 is 2.55 bits per heavy atom. The van der Waals surface area contributed by atoms with Gasteiger partial charge in [0.25, 0.3) is 5.91 Å². The topological polar surface area (TPSA) is 57.6 Å². The van der Waals surface area contributed by atoms with Crippen LogP contribution >= 0.6 is 0 Å². The van der Waals surface area contributed by atoms with Crippen molar-refractivity contribution in [2.24, 2.45) is 5.92 Å². The van der Waals surface area contributed by atoms with E-state index in [4.69, 9.17) is 5.11 Å². The quantitative estimate of drug-likeness (QED) is 0.909. The zero-order chi connectivity index (χ0) is 15.7. The van der Waals surface area contributed by atoms with Crippen LogP contribution in [-0.2, 0) is 17.6 Å². The highest BCUT2D eigenvalue weighted by atomic mass is 16.4. The van der Waals surface area contributed by atoms with Gasteiger partial charge in [0.2, 0.25) is 0 Å². The zero-order valence-corrected chi connectivity index (χ0v) is 13.0. The summed E-state index contributed by atoms with van der Waals surface area (Å²) < 4.78 is 0. The fourth-order valence-corrected chi connectivity index (χ4v) is 3.19. The minimum atomic E-state index is -0.844. The van der Waals surface area contributed by atoms with Gasteiger partial charge in [-0.25, -0.2) is 0 Å². The highest BCUT2D eigenvalue weighted by Crippen LogP contribution is 2.30. The molecule has 4 nitrogen and oxygen atoms in total. The second kappa shape index (κ2) is 6.11. The van der Waals surface area contributed by atoms with Gasteiger partial charge < -0.3 is 10.0 Å². The van der Waals surface area contributed by atoms with Gasteiger partial charge in [-0.2, -0.15) is 0 Å². The molecule has 0 aliphatic heterocycles. The Morgan fingerprint density at radius 1 is 1.23 bits per heavy atom. The Hall–Kier alpha value is -1.84. The van der Waals surface area contributed by atoms with Gasteiger partial charge in [0.05, 0.1) is 5.92 Å². The van der Waals surface area contributed by atoms with Gasteiger partial charge >= 0.3 is 5.97 Å². The summed E-state index contributed by atoms with van der Waals surface area (Å²) in [5.41, 5.74) is 3.36. The predicted octanol–water partition coefficient (Wildman–Crippen LogP) is 2.89. The minimum absolute atomic E-state index is 0.0102. The summed E-state index contributed by atoms with van der Waals surface area (Å²) in [6, 6.07) is 6.24. The molecule has 118 valence electrons. The van der Waals surface area contributed by atoms with E-state index in [1.54, 1.807) is 11.8 Å². The number of carbonyl (C=O) groups excluding carboxylic acids is 1. The molecule has 1 aromatic rings. The lowest BCUT2D eigenvalue weighted by atomic mass is 9.90. The molecule has 1 saturated carbocycles. The molecule has 22 heavy (non-hydrogen) atoms. The van der Waals surface area contributed by atoms with E-state index in [0.717, 1.165) is 25.7 Å². The molecule has 3 rings (SSSR count). The van der Waals surface area contributed by atoms with Crippen molar-refractivity contribution in [1.82, 2.24) is 4.90 Å². The Bertz CT molecular complexity index is 592. The lowest BCUT2D eigenvalue weighted by Gasteiger charge is -2.25. The maximum Gasteiger partial charge on any atom is 0.308 e. The number of aryl methyl sites for hydroxylation is 2. The molecule has 0 spiro atoms. The van der Waals surface area contributed by atoms with Crippen molar-refractivity contribution in [3.05, 3.63) is 34.9 Å². The van der Waals surface area contributed by atoms with E-state index in [1.807, 2.05) is 12.1 Å². The molecule has 1 fully saturated rings. The molecule has 0 radical (unpaired) electrons. The highest BCUT2D eigenvalue weighted by Gasteiger charge is 2.35. The van der Waals surface area contributed by atoms with Crippen LogP contribution in [0.1, 0.15) is 54.1 Å². The molecule has 0 bridgehead atoms. The van der Waals surface area contributed by atoms with Crippen molar-refractivity contribution in [1.29, 1.82) is 0 Å². The lowest BCUT2D eigenvalue weighted by Crippen LogP contribution is -2.38. The molecule has 1 N–H and O–H groups in total. The number of nitrogens with zero attached hydrogens (tertiary/aromatic N) is 1. The SMILES string of the molecule is CC(CN(C(=O)c1ccc2c(c1)CCCC2)C1CC1)C(=O)O. The maximum absolute atomic E-state index is 12.8. The summed E-state index contributed by atoms with van der Waals surface area (Å²) in [6.07, 6.45) is 6.54. The van der Waals surface area contributed by atoms with Gasteiger partial charge in [-0.1, -0.05) is 13.0 Å². The summed E-state index contributed by atoms with van der Waals surface area (Å²) in [7, 11) is 0. The standard InChI is InChI=1S/C18H23NO3/c1-12(18(21)22)11-19(16-8-9-16)17(20)15-7-6-13-4-2-3-5-14(13)10-15/h6-7,10,12,16H,2-5,8-9,11H2,1H3,(H,21,22). The number of carbonyl (C=O) groups is 2. The highest BCUT2D eigenvalue weighted by molar-refractivity contribution is 5.95. The molecule has 4 heteroatoms. The largest absolute Gasteiger partial charge is 0.481 e. The average molecular weight is 301 g/mol. The Labute approximate surface area is 131 Å². The van der Waals surface area contributed by atoms with Gasteiger partial charge in [0.15, 0.2) is 0 Å². The van der Waals surface area contributed by atoms with Crippen molar-refractivity contribution in [3.63, 3.8) is 0 Å². The molecular weight excluding hydrogens is 278 g/mol. The van der Waals surface area contributed by atoms with E-state index >= 15 is 0 Å². The normalized spacial score (nSPS) is 18.4. The van der Waals surface area contributed by atoms with Crippen LogP contribution in [0.4, 0.5) is 0 Å². The number of rotatable bonds is 5. The van der Waals surface area contributed by atoms with Crippen LogP contribution in [0.15, 0.2) is 18.2 Å². The van der Waals surface area contributed by atoms with Crippen LogP contribution in [0.3, 0.4) is 0 Å². The molecule has 2 aliphatic rings. The van der Waals surface area contributed by atoms with E-state index in [2.05, 4.69) is 6.07 Å². The van der Waals surface area contributed by atoms with Crippen molar-refractivity contribution in [2.45, 2.75) is 51.5 Å². The first-order valence-electron chi connectivity index (χ1n) is 8.22. The van der Waals surface area contributed by atoms with Crippen molar-refractivity contribution in [3.8, 4) is 0 Å². The molecule has 0 heterocycles. The van der Waals surface area contributed by atoms with Crippen molar-refractivity contribution < 1.29 is 14.7 Å². The number of benzene rings is 1. The summed E-state index contributed by atoms with van der Waals surface area (Å²) in [4.78, 5) is 25.7. The van der Waals surface area contributed by atoms with Crippen LogP contribution in [-0.4, -0.2) is 34.5 Å². The van der Waals surface area contributed by atoms with E-state index in [9.17, 15) is 9.59 Å². The number of hydrogen-bond acceptors (Lipinski definition) is 2. The van der Waals surface area contributed by atoms with Crippen LogP contribution in [0.2, 0.25) is 0 Å². The molecule has 2 aliphatic carbocycles. The molecule has 1 aromatic carbocycles. The number of amides is 1. The molecule has 1 unspecified atom stereocenters. The Balaban J connectivity index is 1.79. The minimum Gasteiger partial charge on any atom is -0.481 e. The maximum atomic E-state index is 12.8. The van der Waals surface area contributed by atoms with Crippen LogP contribution in [0.5, 0.6) is 0 Å². The fraction of sp³-hybridized carbons (Fsp3) is 0.556. The summed E-state index contributed by atoms with van der Waals surface area (Å²) in [5.74, 6) is -1.38. The first-order chi connectivity index (χ1) is 10.6. The smallest absolute Gasteiger partial charge is 0.308 e. The number of fused-ring (bicyclic) bond motifs is 1. The van der Waals surface area contributed by atoms with Crippen molar-refractivity contribution in [2.75, 3.05) is 6.54 Å². The van der Waals surface area contributed by atoms with Gasteiger partial charge in [-0.15, -0.1) is 0 Å². The second-order valence-corrected chi connectivity index (χ2v) is 6.62. The zero-order valence-electron chi connectivity index (χ0n) is 13.0. The van der Waals surface area contributed by atoms with E-state index in [0.29, 0.717) is 12.1 Å². The number of carboxylic acid groups (broad SMARTS) is 1. The molecule has 0 aromatic heterocycles. The predicted molar refractivity (Wildman–Crippen MR) is 83.9 cm³/mol. The average Bonchev–Trinajstić information content (AvgIpc) is 3.35. The lowest BCUT2D eigenvalue weighted by molar-refractivity contribution is -0.141. The molecule has 0 saturated heterocycles. The molecule has 1 atom stereocenters. The van der Waals surface area contributed by atoms with Crippen LogP contribution < -0.4 is 0 Å². The van der Waals surface area contributed by atoms with E-state index in [1.165, 1.54) is 24.0 Å². The molecule has 1 amide bonds. The number of hydrogen-bond donors (Lipinski definition) is 1. The van der Waals surface area contributed by atoms with Gasteiger partial charge in [-0.3, -0.25) is 9.59 Å². The summed E-state index contributed by atoms with van der Waals surface area (Å²) >= 11 is 0. The first-order valence-corrected chi connectivity index (χ1v) is 8.22. The monoisotopic (exact) mass is 301 g/mol. The van der Waals surface area contributed by atoms with Crippen LogP contribution in [0, 0.1) is 5.92 Å². The Kier molecular flexibility index (Phi) is 4.19. The number of aliphatic carboxylic acids is 1. The fourth-order valence-electron chi connectivity index (χ4n) is 3.19. The third-order valence-electron chi connectivity index (χ3n) is 4.74. The molecular formula is C18H23NO3. The van der Waals surface area contributed by atoms with Gasteiger partial charge in [-0.05, 0) is 61.8 Å². The van der Waals surface area contributed by atoms with Gasteiger partial charge in [0, 0.05) is 18.2 Å². The third kappa shape index (κ3) is 3.16.